The number of halogens is 3. The number of hydrogen-bond acceptors (Lipinski definition) is 3. The standard InChI is InChI=1S/C15H16F3N3O2/c1-2-7-20-13(22)12(15(16,17)18)21(11-5-6-11)14(23)10-4-3-8-19-9-10/h2-4,8-9,11-12H,1,5-7H2,(H,20,22). The minimum absolute atomic E-state index is 0.0187. The van der Waals surface area contributed by atoms with Crippen molar-refractivity contribution in [2.45, 2.75) is 31.1 Å². The van der Waals surface area contributed by atoms with Crippen LogP contribution in [-0.4, -0.2) is 46.5 Å². The van der Waals surface area contributed by atoms with Crippen LogP contribution in [0.15, 0.2) is 37.2 Å². The first-order valence-electron chi connectivity index (χ1n) is 7.04. The zero-order valence-electron chi connectivity index (χ0n) is 12.2. The van der Waals surface area contributed by atoms with Crippen molar-refractivity contribution in [3.05, 3.63) is 42.7 Å². The molecule has 1 aromatic rings. The second-order valence-corrected chi connectivity index (χ2v) is 5.16. The Kier molecular flexibility index (Phi) is 5.02. The van der Waals surface area contributed by atoms with Gasteiger partial charge in [0, 0.05) is 25.0 Å². The molecule has 1 aliphatic carbocycles. The van der Waals surface area contributed by atoms with Crippen molar-refractivity contribution < 1.29 is 22.8 Å². The van der Waals surface area contributed by atoms with Gasteiger partial charge in [-0.3, -0.25) is 14.6 Å². The third kappa shape index (κ3) is 4.08. The van der Waals surface area contributed by atoms with Crippen molar-refractivity contribution in [3.8, 4) is 0 Å². The molecule has 1 heterocycles. The summed E-state index contributed by atoms with van der Waals surface area (Å²) in [5.41, 5.74) is 0.0187. The molecule has 23 heavy (non-hydrogen) atoms. The smallest absolute Gasteiger partial charge is 0.351 e. The van der Waals surface area contributed by atoms with Crippen molar-refractivity contribution >= 4 is 11.8 Å². The molecule has 1 N–H and O–H groups in total. The monoisotopic (exact) mass is 327 g/mol. The molecule has 1 aliphatic rings. The number of amides is 2. The summed E-state index contributed by atoms with van der Waals surface area (Å²) in [7, 11) is 0. The number of nitrogens with one attached hydrogen (secondary N) is 1. The molecule has 0 aliphatic heterocycles. The van der Waals surface area contributed by atoms with E-state index >= 15 is 0 Å². The van der Waals surface area contributed by atoms with Crippen LogP contribution in [0.2, 0.25) is 0 Å². The minimum atomic E-state index is -4.87. The summed E-state index contributed by atoms with van der Waals surface area (Å²) in [6.45, 7) is 3.24. The third-order valence-electron chi connectivity index (χ3n) is 3.34. The molecule has 0 spiro atoms. The van der Waals surface area contributed by atoms with Gasteiger partial charge in [-0.2, -0.15) is 13.2 Å². The fourth-order valence-electron chi connectivity index (χ4n) is 2.19. The van der Waals surface area contributed by atoms with E-state index in [4.69, 9.17) is 0 Å². The van der Waals surface area contributed by atoms with E-state index < -0.39 is 30.1 Å². The number of alkyl halides is 3. The highest BCUT2D eigenvalue weighted by Gasteiger charge is 2.54. The zero-order chi connectivity index (χ0) is 17.0. The van der Waals surface area contributed by atoms with Crippen LogP contribution < -0.4 is 5.32 Å². The highest BCUT2D eigenvalue weighted by atomic mass is 19.4. The summed E-state index contributed by atoms with van der Waals surface area (Å²) in [5, 5.41) is 2.12. The second kappa shape index (κ2) is 6.80. The number of nitrogens with zero attached hydrogens (tertiary/aromatic N) is 2. The molecule has 0 bridgehead atoms. The number of pyridine rings is 1. The molecule has 2 amide bonds. The lowest BCUT2D eigenvalue weighted by molar-refractivity contribution is -0.185. The van der Waals surface area contributed by atoms with Gasteiger partial charge >= 0.3 is 6.18 Å². The van der Waals surface area contributed by atoms with Crippen LogP contribution in [0.25, 0.3) is 0 Å². The first kappa shape index (κ1) is 17.0. The van der Waals surface area contributed by atoms with Gasteiger partial charge in [-0.1, -0.05) is 6.08 Å². The summed E-state index contributed by atoms with van der Waals surface area (Å²) < 4.78 is 40.2. The fourth-order valence-corrected chi connectivity index (χ4v) is 2.19. The number of carbonyl (C=O) groups excluding carboxylic acids is 2. The van der Waals surface area contributed by atoms with E-state index in [9.17, 15) is 22.8 Å². The lowest BCUT2D eigenvalue weighted by atomic mass is 10.1. The van der Waals surface area contributed by atoms with Crippen LogP contribution in [0.5, 0.6) is 0 Å². The van der Waals surface area contributed by atoms with Gasteiger partial charge < -0.3 is 10.2 Å². The molecule has 1 aromatic heterocycles. The lowest BCUT2D eigenvalue weighted by Crippen LogP contribution is -2.57. The first-order valence-corrected chi connectivity index (χ1v) is 7.04. The minimum Gasteiger partial charge on any atom is -0.351 e. The van der Waals surface area contributed by atoms with Gasteiger partial charge in [0.05, 0.1) is 5.56 Å². The van der Waals surface area contributed by atoms with Crippen molar-refractivity contribution in [2.75, 3.05) is 6.54 Å². The number of carbonyl (C=O) groups is 2. The van der Waals surface area contributed by atoms with Gasteiger partial charge in [-0.15, -0.1) is 6.58 Å². The molecule has 0 aromatic carbocycles. The van der Waals surface area contributed by atoms with Crippen molar-refractivity contribution in [1.82, 2.24) is 15.2 Å². The molecule has 2 rings (SSSR count). The van der Waals surface area contributed by atoms with Crippen molar-refractivity contribution in [3.63, 3.8) is 0 Å². The molecule has 1 unspecified atom stereocenters. The maximum Gasteiger partial charge on any atom is 0.417 e. The molecule has 0 saturated heterocycles. The SMILES string of the molecule is C=CCNC(=O)C(N(C(=O)c1cccnc1)C1CC1)C(F)(F)F. The summed E-state index contributed by atoms with van der Waals surface area (Å²) in [5.74, 6) is -2.11. The van der Waals surface area contributed by atoms with Crippen LogP contribution in [0.1, 0.15) is 23.2 Å². The Morgan fingerprint density at radius 2 is 2.17 bits per heavy atom. The van der Waals surface area contributed by atoms with Crippen LogP contribution in [0, 0.1) is 0 Å². The first-order chi connectivity index (χ1) is 10.9. The van der Waals surface area contributed by atoms with E-state index in [1.54, 1.807) is 0 Å². The maximum atomic E-state index is 13.4. The Hall–Kier alpha value is -2.38. The maximum absolute atomic E-state index is 13.4. The molecule has 8 heteroatoms. The molecule has 1 atom stereocenters. The van der Waals surface area contributed by atoms with Gasteiger partial charge in [0.2, 0.25) is 6.04 Å². The Bertz CT molecular complexity index is 585. The molecule has 1 fully saturated rings. The third-order valence-corrected chi connectivity index (χ3v) is 3.34. The van der Waals surface area contributed by atoms with E-state index in [0.717, 1.165) is 0 Å². The van der Waals surface area contributed by atoms with Gasteiger partial charge in [0.15, 0.2) is 0 Å². The predicted molar refractivity (Wildman–Crippen MR) is 76.5 cm³/mol. The largest absolute Gasteiger partial charge is 0.417 e. The Labute approximate surface area is 131 Å². The quantitative estimate of drug-likeness (QED) is 0.812. The van der Waals surface area contributed by atoms with Crippen molar-refractivity contribution in [2.24, 2.45) is 0 Å². The fraction of sp³-hybridized carbons (Fsp3) is 0.400. The predicted octanol–water partition coefficient (Wildman–Crippen LogP) is 1.92. The van der Waals surface area contributed by atoms with Crippen LogP contribution >= 0.6 is 0 Å². The highest BCUT2D eigenvalue weighted by Crippen LogP contribution is 2.36. The second-order valence-electron chi connectivity index (χ2n) is 5.16. The molecule has 5 nitrogen and oxygen atoms in total. The van der Waals surface area contributed by atoms with E-state index in [1.165, 1.54) is 30.6 Å². The molecule has 124 valence electrons. The average Bonchev–Trinajstić information content (AvgIpc) is 3.33. The Morgan fingerprint density at radius 1 is 1.48 bits per heavy atom. The van der Waals surface area contributed by atoms with E-state index in [1.807, 2.05) is 0 Å². The zero-order valence-corrected chi connectivity index (χ0v) is 12.2. The van der Waals surface area contributed by atoms with Crippen molar-refractivity contribution in [1.29, 1.82) is 0 Å². The summed E-state index contributed by atoms with van der Waals surface area (Å²) in [6.07, 6.45) is -0.120. The van der Waals surface area contributed by atoms with Gasteiger partial charge in [-0.05, 0) is 25.0 Å². The number of rotatable bonds is 6. The molecule has 0 radical (unpaired) electrons. The van der Waals surface area contributed by atoms with E-state index in [2.05, 4.69) is 16.9 Å². The van der Waals surface area contributed by atoms with Crippen LogP contribution in [0.3, 0.4) is 0 Å². The van der Waals surface area contributed by atoms with Gasteiger partial charge in [0.1, 0.15) is 0 Å². The van der Waals surface area contributed by atoms with E-state index in [-0.39, 0.29) is 12.1 Å². The normalized spacial score (nSPS) is 15.6. The summed E-state index contributed by atoms with van der Waals surface area (Å²) in [4.78, 5) is 28.8. The summed E-state index contributed by atoms with van der Waals surface area (Å²) >= 11 is 0. The summed E-state index contributed by atoms with van der Waals surface area (Å²) in [6, 6.07) is -0.287. The molecular formula is C15H16F3N3O2. The Morgan fingerprint density at radius 3 is 2.65 bits per heavy atom. The van der Waals surface area contributed by atoms with Crippen LogP contribution in [0.4, 0.5) is 13.2 Å². The molecule has 1 saturated carbocycles. The average molecular weight is 327 g/mol. The topological polar surface area (TPSA) is 62.3 Å². The number of hydrogen-bond donors (Lipinski definition) is 1. The van der Waals surface area contributed by atoms with Gasteiger partial charge in [-0.25, -0.2) is 0 Å². The van der Waals surface area contributed by atoms with Gasteiger partial charge in [0.25, 0.3) is 11.8 Å². The number of aromatic nitrogens is 1. The Balaban J connectivity index is 2.33. The lowest BCUT2D eigenvalue weighted by Gasteiger charge is -2.32. The van der Waals surface area contributed by atoms with E-state index in [0.29, 0.717) is 17.7 Å². The highest BCUT2D eigenvalue weighted by molar-refractivity contribution is 5.98. The van der Waals surface area contributed by atoms with Crippen LogP contribution in [-0.2, 0) is 4.79 Å². The molecular weight excluding hydrogens is 311 g/mol.